The van der Waals surface area contributed by atoms with Crippen molar-refractivity contribution in [1.82, 2.24) is 15.2 Å². The number of nitrogens with one attached hydrogen (secondary N) is 3. The number of halogens is 1. The molecule has 3 aromatic rings. The second kappa shape index (κ2) is 11.6. The van der Waals surface area contributed by atoms with Gasteiger partial charge in [-0.3, -0.25) is 9.59 Å². The number of carbonyl (C=O) groups excluding carboxylic acids is 4. The van der Waals surface area contributed by atoms with Crippen LogP contribution in [0.25, 0.3) is 22.2 Å². The fourth-order valence-corrected chi connectivity index (χ4v) is 4.83. The topological polar surface area (TPSA) is 124 Å². The van der Waals surface area contributed by atoms with Gasteiger partial charge in [-0.1, -0.05) is 12.1 Å². The lowest BCUT2D eigenvalue weighted by Gasteiger charge is -2.31. The van der Waals surface area contributed by atoms with Gasteiger partial charge in [0.25, 0.3) is 5.91 Å². The third kappa shape index (κ3) is 6.67. The Morgan fingerprint density at radius 1 is 1.12 bits per heavy atom. The number of fused-ring (bicyclic) bond motifs is 1. The molecule has 1 saturated heterocycles. The van der Waals surface area contributed by atoms with Crippen LogP contribution in [0.1, 0.15) is 54.4 Å². The number of amides is 5. The van der Waals surface area contributed by atoms with Gasteiger partial charge in [0.1, 0.15) is 11.6 Å². The van der Waals surface area contributed by atoms with Gasteiger partial charge in [0.05, 0.1) is 11.4 Å². The van der Waals surface area contributed by atoms with Gasteiger partial charge in [0, 0.05) is 41.7 Å². The summed E-state index contributed by atoms with van der Waals surface area (Å²) < 4.78 is 21.0. The summed E-state index contributed by atoms with van der Waals surface area (Å²) in [6, 6.07) is 9.60. The summed E-state index contributed by atoms with van der Waals surface area (Å²) in [5, 5.41) is 5.37. The van der Waals surface area contributed by atoms with E-state index < -0.39 is 35.5 Å². The van der Waals surface area contributed by atoms with Crippen LogP contribution in [0.2, 0.25) is 0 Å². The zero-order valence-electron chi connectivity index (χ0n) is 24.1. The molecule has 4 rings (SSSR count). The van der Waals surface area contributed by atoms with Gasteiger partial charge >= 0.3 is 12.1 Å². The maximum atomic E-state index is 15.7. The van der Waals surface area contributed by atoms with Crippen molar-refractivity contribution in [2.24, 2.45) is 0 Å². The van der Waals surface area contributed by atoms with E-state index in [-0.39, 0.29) is 28.7 Å². The first-order valence-electron chi connectivity index (χ1n) is 13.6. The number of H-pyrrole nitrogens is 1. The van der Waals surface area contributed by atoms with E-state index in [0.717, 1.165) is 17.7 Å². The van der Waals surface area contributed by atoms with Crippen molar-refractivity contribution in [2.45, 2.75) is 72.1 Å². The van der Waals surface area contributed by atoms with Crippen LogP contribution in [0.15, 0.2) is 42.5 Å². The smallest absolute Gasteiger partial charge is 0.408 e. The van der Waals surface area contributed by atoms with Crippen molar-refractivity contribution >= 4 is 46.2 Å². The van der Waals surface area contributed by atoms with Gasteiger partial charge < -0.3 is 25.3 Å². The van der Waals surface area contributed by atoms with Gasteiger partial charge in [-0.25, -0.2) is 18.9 Å². The van der Waals surface area contributed by atoms with Crippen molar-refractivity contribution in [1.29, 1.82) is 0 Å². The summed E-state index contributed by atoms with van der Waals surface area (Å²) in [5.41, 5.74) is 1.24. The Labute approximate surface area is 238 Å². The normalized spacial score (nSPS) is 15.9. The van der Waals surface area contributed by atoms with Crippen molar-refractivity contribution < 1.29 is 28.3 Å². The minimum absolute atomic E-state index is 0.0771. The molecule has 0 spiro atoms. The van der Waals surface area contributed by atoms with E-state index in [1.807, 2.05) is 6.92 Å². The number of hydrogen-bond acceptors (Lipinski definition) is 5. The van der Waals surface area contributed by atoms with Crippen LogP contribution >= 0.6 is 0 Å². The van der Waals surface area contributed by atoms with Crippen LogP contribution in [0, 0.1) is 5.82 Å². The molecule has 0 aliphatic carbocycles. The van der Waals surface area contributed by atoms with Crippen LogP contribution in [0.3, 0.4) is 0 Å². The molecule has 1 fully saturated rings. The number of rotatable bonds is 5. The lowest BCUT2D eigenvalue weighted by atomic mass is 10.1. The highest BCUT2D eigenvalue weighted by Gasteiger charge is 2.36. The Morgan fingerprint density at radius 2 is 1.80 bits per heavy atom. The number of nitrogens with zero attached hydrogens (tertiary/aromatic N) is 2. The van der Waals surface area contributed by atoms with Crippen molar-refractivity contribution in [3.8, 4) is 11.3 Å². The molecule has 10 nitrogen and oxygen atoms in total. The van der Waals surface area contributed by atoms with Crippen LogP contribution in [-0.4, -0.2) is 58.1 Å². The summed E-state index contributed by atoms with van der Waals surface area (Å²) in [7, 11) is 0. The molecule has 0 unspecified atom stereocenters. The second-order valence-corrected chi connectivity index (χ2v) is 11.3. The molecule has 0 bridgehead atoms. The lowest BCUT2D eigenvalue weighted by Crippen LogP contribution is -2.54. The van der Waals surface area contributed by atoms with Gasteiger partial charge in [-0.05, 0) is 77.8 Å². The average Bonchev–Trinajstić information content (AvgIpc) is 3.45. The van der Waals surface area contributed by atoms with Crippen LogP contribution < -0.4 is 15.5 Å². The number of likely N-dealkylation sites (tertiary alicyclic amines) is 1. The number of hydrogen-bond donors (Lipinski definition) is 3. The zero-order chi connectivity index (χ0) is 30.1. The number of alkyl carbamates (subject to hydrolysis) is 1. The fraction of sp³-hybridized carbons (Fsp3) is 0.400. The number of carbonyl (C=O) groups is 4. The largest absolute Gasteiger partial charge is 0.444 e. The molecule has 11 heteroatoms. The van der Waals surface area contributed by atoms with Crippen LogP contribution in [0.4, 0.5) is 25.4 Å². The Morgan fingerprint density at radius 3 is 2.39 bits per heavy atom. The van der Waals surface area contributed by atoms with Crippen LogP contribution in [-0.2, 0) is 14.3 Å². The predicted molar refractivity (Wildman–Crippen MR) is 155 cm³/mol. The molecule has 2 aromatic carbocycles. The molecule has 0 radical (unpaired) electrons. The summed E-state index contributed by atoms with van der Waals surface area (Å²) in [4.78, 5) is 56.8. The third-order valence-electron chi connectivity index (χ3n) is 6.78. The van der Waals surface area contributed by atoms with Gasteiger partial charge in [-0.2, -0.15) is 0 Å². The molecule has 2 heterocycles. The highest BCUT2D eigenvalue weighted by atomic mass is 19.1. The minimum atomic E-state index is -1.10. The van der Waals surface area contributed by atoms with E-state index in [0.29, 0.717) is 23.3 Å². The summed E-state index contributed by atoms with van der Waals surface area (Å²) in [6.07, 6.45) is 0.812. The highest BCUT2D eigenvalue weighted by Crippen LogP contribution is 2.33. The second-order valence-electron chi connectivity index (χ2n) is 11.3. The average molecular weight is 566 g/mol. The predicted octanol–water partition coefficient (Wildman–Crippen LogP) is 5.78. The number of anilines is 2. The molecular formula is C30H36FN5O5. The zero-order valence-corrected chi connectivity index (χ0v) is 24.1. The standard InChI is InChI=1S/C30H36FN5O5/c1-17-8-7-15-35(17)29(40)36(27(38)18(2)32-28(39)41-30(4,5)6)22-13-14-24-23(16-22)25(31)26(34-24)20-9-11-21(12-10-20)33-19(3)37/h9-14,16-18,34H,7-8,15H2,1-6H3,(H,32,39)(H,33,37)/t17-,18-/m1/s1. The van der Waals surface area contributed by atoms with Gasteiger partial charge in [0.2, 0.25) is 5.91 Å². The molecule has 1 aliphatic heterocycles. The van der Waals surface area contributed by atoms with Crippen LogP contribution in [0.5, 0.6) is 0 Å². The van der Waals surface area contributed by atoms with E-state index >= 15 is 4.39 Å². The lowest BCUT2D eigenvalue weighted by molar-refractivity contribution is -0.119. The third-order valence-corrected chi connectivity index (χ3v) is 6.78. The number of urea groups is 1. The molecule has 41 heavy (non-hydrogen) atoms. The van der Waals surface area contributed by atoms with Crippen molar-refractivity contribution in [2.75, 3.05) is 16.8 Å². The number of benzene rings is 2. The van der Waals surface area contributed by atoms with E-state index in [1.165, 1.54) is 19.9 Å². The summed E-state index contributed by atoms with van der Waals surface area (Å²) in [5.74, 6) is -1.44. The molecule has 0 saturated carbocycles. The Balaban J connectivity index is 1.69. The minimum Gasteiger partial charge on any atom is -0.444 e. The van der Waals surface area contributed by atoms with Gasteiger partial charge in [-0.15, -0.1) is 0 Å². The van der Waals surface area contributed by atoms with E-state index in [4.69, 9.17) is 4.74 Å². The first kappa shape index (κ1) is 29.6. The monoisotopic (exact) mass is 565 g/mol. The van der Waals surface area contributed by atoms with E-state index in [1.54, 1.807) is 62.1 Å². The summed E-state index contributed by atoms with van der Waals surface area (Å²) >= 11 is 0. The van der Waals surface area contributed by atoms with Gasteiger partial charge in [0.15, 0.2) is 5.82 Å². The Kier molecular flexibility index (Phi) is 8.37. The highest BCUT2D eigenvalue weighted by molar-refractivity contribution is 6.17. The molecular weight excluding hydrogens is 529 g/mol. The van der Waals surface area contributed by atoms with E-state index in [9.17, 15) is 19.2 Å². The van der Waals surface area contributed by atoms with E-state index in [2.05, 4.69) is 15.6 Å². The first-order chi connectivity index (χ1) is 19.2. The van der Waals surface area contributed by atoms with Crippen molar-refractivity contribution in [3.05, 3.63) is 48.3 Å². The maximum Gasteiger partial charge on any atom is 0.408 e. The number of aromatic amines is 1. The SMILES string of the molecule is CC(=O)Nc1ccc(-c2[nH]c3ccc(N(C(=O)[C@@H](C)NC(=O)OC(C)(C)C)C(=O)N4CCC[C@H]4C)cc3c2F)cc1. The number of aromatic nitrogens is 1. The molecule has 5 amide bonds. The maximum absolute atomic E-state index is 15.7. The molecule has 218 valence electrons. The molecule has 1 aromatic heterocycles. The van der Waals surface area contributed by atoms with Crippen molar-refractivity contribution in [3.63, 3.8) is 0 Å². The molecule has 1 aliphatic rings. The first-order valence-corrected chi connectivity index (χ1v) is 13.6. The summed E-state index contributed by atoms with van der Waals surface area (Å²) in [6.45, 7) is 10.4. The fourth-order valence-electron chi connectivity index (χ4n) is 4.83. The molecule has 2 atom stereocenters. The quantitative estimate of drug-likeness (QED) is 0.362. The Hall–Kier alpha value is -4.41. The number of imide groups is 1. The Bertz CT molecular complexity index is 1480. The number of ether oxygens (including phenoxy) is 1. The molecule has 3 N–H and O–H groups in total.